The van der Waals surface area contributed by atoms with Gasteiger partial charge in [-0.25, -0.2) is 0 Å². The average molecular weight is 182 g/mol. The number of aromatic amines is 1. The zero-order valence-electron chi connectivity index (χ0n) is 6.72. The van der Waals surface area contributed by atoms with Gasteiger partial charge in [-0.05, 0) is 17.5 Å². The van der Waals surface area contributed by atoms with Crippen molar-refractivity contribution in [3.05, 3.63) is 36.0 Å². The number of hydrogen-bond donors (Lipinski definition) is 2. The van der Waals surface area contributed by atoms with Crippen LogP contribution in [0.4, 0.5) is 8.78 Å². The van der Waals surface area contributed by atoms with Crippen molar-refractivity contribution in [2.45, 2.75) is 6.05 Å². The zero-order valence-corrected chi connectivity index (χ0v) is 6.72. The van der Waals surface area contributed by atoms with Gasteiger partial charge in [0.15, 0.2) is 0 Å². The lowest BCUT2D eigenvalue weighted by Crippen LogP contribution is -2.25. The fraction of sp³-hybridized carbons (Fsp3) is 0.111. The highest BCUT2D eigenvalue weighted by molar-refractivity contribution is 5.80. The number of hydrogen-bond acceptors (Lipinski definition) is 1. The van der Waals surface area contributed by atoms with E-state index in [0.717, 1.165) is 5.39 Å². The SMILES string of the molecule is NC(F)(F)c1cc2ccccc2[nH]1. The molecule has 13 heavy (non-hydrogen) atoms. The van der Waals surface area contributed by atoms with Crippen molar-refractivity contribution in [3.8, 4) is 0 Å². The lowest BCUT2D eigenvalue weighted by Gasteiger charge is -2.05. The molecule has 0 aliphatic rings. The second-order valence-electron chi connectivity index (χ2n) is 2.89. The van der Waals surface area contributed by atoms with Crippen LogP contribution in [0.1, 0.15) is 5.69 Å². The maximum atomic E-state index is 12.6. The van der Waals surface area contributed by atoms with Gasteiger partial charge in [-0.1, -0.05) is 18.2 Å². The molecule has 0 saturated carbocycles. The number of nitrogens with one attached hydrogen (secondary N) is 1. The smallest absolute Gasteiger partial charge is 0.341 e. The molecule has 0 aliphatic carbocycles. The Hall–Kier alpha value is -1.42. The minimum Gasteiger partial charge on any atom is -0.352 e. The van der Waals surface area contributed by atoms with Gasteiger partial charge in [-0.3, -0.25) is 5.73 Å². The first-order chi connectivity index (χ1) is 6.07. The molecule has 0 amide bonds. The summed E-state index contributed by atoms with van der Waals surface area (Å²) < 4.78 is 25.3. The Kier molecular flexibility index (Phi) is 1.60. The van der Waals surface area contributed by atoms with E-state index in [4.69, 9.17) is 0 Å². The van der Waals surface area contributed by atoms with Gasteiger partial charge in [-0.2, -0.15) is 8.78 Å². The standard InChI is InChI=1S/C9H8F2N2/c10-9(11,12)8-5-6-3-1-2-4-7(6)13-8/h1-5,13H,12H2. The molecular weight excluding hydrogens is 174 g/mol. The minimum atomic E-state index is -3.29. The van der Waals surface area contributed by atoms with Gasteiger partial charge < -0.3 is 4.98 Å². The predicted molar refractivity (Wildman–Crippen MR) is 46.4 cm³/mol. The summed E-state index contributed by atoms with van der Waals surface area (Å²) in [5.41, 5.74) is 5.07. The monoisotopic (exact) mass is 182 g/mol. The molecule has 0 fully saturated rings. The maximum absolute atomic E-state index is 12.6. The normalized spacial score (nSPS) is 12.2. The highest BCUT2D eigenvalue weighted by Crippen LogP contribution is 2.24. The lowest BCUT2D eigenvalue weighted by molar-refractivity contribution is -0.000876. The van der Waals surface area contributed by atoms with E-state index in [9.17, 15) is 8.78 Å². The van der Waals surface area contributed by atoms with Crippen LogP contribution >= 0.6 is 0 Å². The first-order valence-electron chi connectivity index (χ1n) is 3.82. The maximum Gasteiger partial charge on any atom is 0.341 e. The molecule has 4 heteroatoms. The third-order valence-corrected chi connectivity index (χ3v) is 1.89. The zero-order chi connectivity index (χ0) is 9.47. The summed E-state index contributed by atoms with van der Waals surface area (Å²) in [5.74, 6) is 0. The Morgan fingerprint density at radius 2 is 1.92 bits per heavy atom. The molecule has 3 N–H and O–H groups in total. The quantitative estimate of drug-likeness (QED) is 0.652. The second kappa shape index (κ2) is 2.53. The van der Waals surface area contributed by atoms with E-state index in [2.05, 4.69) is 10.7 Å². The van der Waals surface area contributed by atoms with Crippen LogP contribution < -0.4 is 5.73 Å². The predicted octanol–water partition coefficient (Wildman–Crippen LogP) is 2.18. The number of halogens is 2. The van der Waals surface area contributed by atoms with Crippen LogP contribution in [0.15, 0.2) is 30.3 Å². The van der Waals surface area contributed by atoms with Crippen molar-refractivity contribution in [2.75, 3.05) is 0 Å². The second-order valence-corrected chi connectivity index (χ2v) is 2.89. The Balaban J connectivity index is 2.63. The number of H-pyrrole nitrogens is 1. The van der Waals surface area contributed by atoms with Crippen molar-refractivity contribution in [1.82, 2.24) is 4.98 Å². The Labute approximate surface area is 73.4 Å². The van der Waals surface area contributed by atoms with E-state index < -0.39 is 6.05 Å². The van der Waals surface area contributed by atoms with Crippen LogP contribution in [-0.4, -0.2) is 4.98 Å². The van der Waals surface area contributed by atoms with E-state index in [-0.39, 0.29) is 5.69 Å². The number of rotatable bonds is 1. The van der Waals surface area contributed by atoms with Crippen LogP contribution in [0.2, 0.25) is 0 Å². The summed E-state index contributed by atoms with van der Waals surface area (Å²) in [4.78, 5) is 2.56. The lowest BCUT2D eigenvalue weighted by atomic mass is 10.2. The number of nitrogens with two attached hydrogens (primary N) is 1. The van der Waals surface area contributed by atoms with Gasteiger partial charge in [0.25, 0.3) is 0 Å². The molecule has 68 valence electrons. The molecule has 2 aromatic rings. The number of benzene rings is 1. The molecule has 0 bridgehead atoms. The van der Waals surface area contributed by atoms with Gasteiger partial charge in [0, 0.05) is 5.52 Å². The summed E-state index contributed by atoms with van der Waals surface area (Å²) >= 11 is 0. The van der Waals surface area contributed by atoms with Crippen LogP contribution in [0.25, 0.3) is 10.9 Å². The van der Waals surface area contributed by atoms with Crippen molar-refractivity contribution in [2.24, 2.45) is 5.73 Å². The van der Waals surface area contributed by atoms with E-state index >= 15 is 0 Å². The number of para-hydroxylation sites is 1. The molecule has 0 unspecified atom stereocenters. The molecule has 0 spiro atoms. The van der Waals surface area contributed by atoms with Gasteiger partial charge in [-0.15, -0.1) is 0 Å². The number of aromatic nitrogens is 1. The fourth-order valence-corrected chi connectivity index (χ4v) is 1.25. The van der Waals surface area contributed by atoms with Crippen LogP contribution in [0, 0.1) is 0 Å². The van der Waals surface area contributed by atoms with E-state index in [1.54, 1.807) is 24.3 Å². The van der Waals surface area contributed by atoms with Crippen LogP contribution in [-0.2, 0) is 6.05 Å². The topological polar surface area (TPSA) is 41.8 Å². The van der Waals surface area contributed by atoms with E-state index in [1.165, 1.54) is 6.07 Å². The van der Waals surface area contributed by atoms with Gasteiger partial charge in [0.1, 0.15) is 5.69 Å². The van der Waals surface area contributed by atoms with Crippen molar-refractivity contribution < 1.29 is 8.78 Å². The summed E-state index contributed by atoms with van der Waals surface area (Å²) in [6.07, 6.45) is 0. The third kappa shape index (κ3) is 1.40. The summed E-state index contributed by atoms with van der Waals surface area (Å²) in [6.45, 7) is 0. The molecule has 0 aliphatic heterocycles. The van der Waals surface area contributed by atoms with E-state index in [0.29, 0.717) is 5.52 Å². The first kappa shape index (κ1) is 8.19. The highest BCUT2D eigenvalue weighted by Gasteiger charge is 2.26. The number of alkyl halides is 2. The molecule has 0 atom stereocenters. The fourth-order valence-electron chi connectivity index (χ4n) is 1.25. The van der Waals surface area contributed by atoms with Gasteiger partial charge in [0.05, 0.1) is 0 Å². The third-order valence-electron chi connectivity index (χ3n) is 1.89. The molecule has 1 aromatic carbocycles. The van der Waals surface area contributed by atoms with Crippen LogP contribution in [0.3, 0.4) is 0 Å². The molecule has 0 saturated heterocycles. The molecule has 2 nitrogen and oxygen atoms in total. The molecular formula is C9H8F2N2. The number of fused-ring (bicyclic) bond motifs is 1. The summed E-state index contributed by atoms with van der Waals surface area (Å²) in [5, 5.41) is 0.739. The Bertz CT molecular complexity index is 395. The van der Waals surface area contributed by atoms with Crippen molar-refractivity contribution in [3.63, 3.8) is 0 Å². The molecule has 1 aromatic heterocycles. The highest BCUT2D eigenvalue weighted by atomic mass is 19.3. The Morgan fingerprint density at radius 1 is 1.23 bits per heavy atom. The molecule has 0 radical (unpaired) electrons. The van der Waals surface area contributed by atoms with Crippen molar-refractivity contribution in [1.29, 1.82) is 0 Å². The van der Waals surface area contributed by atoms with Crippen molar-refractivity contribution >= 4 is 10.9 Å². The molecule has 2 rings (SSSR count). The van der Waals surface area contributed by atoms with E-state index in [1.807, 2.05) is 0 Å². The van der Waals surface area contributed by atoms with Crippen LogP contribution in [0.5, 0.6) is 0 Å². The largest absolute Gasteiger partial charge is 0.352 e. The summed E-state index contributed by atoms with van der Waals surface area (Å²) in [6, 6.07) is 5.10. The average Bonchev–Trinajstić information content (AvgIpc) is 2.45. The minimum absolute atomic E-state index is 0.256. The Morgan fingerprint density at radius 3 is 2.54 bits per heavy atom. The molecule has 1 heterocycles. The summed E-state index contributed by atoms with van der Waals surface area (Å²) in [7, 11) is 0. The first-order valence-corrected chi connectivity index (χ1v) is 3.82. The van der Waals surface area contributed by atoms with Gasteiger partial charge in [0.2, 0.25) is 0 Å². The van der Waals surface area contributed by atoms with Gasteiger partial charge >= 0.3 is 6.05 Å².